The van der Waals surface area contributed by atoms with Gasteiger partial charge in [-0.25, -0.2) is 8.42 Å². The third kappa shape index (κ3) is 4.33. The first kappa shape index (κ1) is 22.2. The number of amides is 2. The lowest BCUT2D eigenvalue weighted by Gasteiger charge is -2.37. The Morgan fingerprint density at radius 1 is 0.969 bits per heavy atom. The average Bonchev–Trinajstić information content (AvgIpc) is 2.79. The quantitative estimate of drug-likeness (QED) is 0.713. The molecule has 0 spiro atoms. The Hall–Kier alpha value is -2.97. The minimum Gasteiger partial charge on any atom is -0.340 e. The van der Waals surface area contributed by atoms with Crippen LogP contribution in [0.2, 0.25) is 0 Å². The van der Waals surface area contributed by atoms with Crippen molar-refractivity contribution >= 4 is 27.9 Å². The van der Waals surface area contributed by atoms with Crippen molar-refractivity contribution in [2.24, 2.45) is 0 Å². The highest BCUT2D eigenvalue weighted by atomic mass is 32.2. The van der Waals surface area contributed by atoms with Gasteiger partial charge in [-0.15, -0.1) is 0 Å². The third-order valence-corrected chi connectivity index (χ3v) is 8.00. The summed E-state index contributed by atoms with van der Waals surface area (Å²) in [4.78, 5) is 28.8. The maximum Gasteiger partial charge on any atom is 0.243 e. The first-order valence-electron chi connectivity index (χ1n) is 10.7. The molecule has 1 unspecified atom stereocenters. The van der Waals surface area contributed by atoms with Crippen molar-refractivity contribution in [3.8, 4) is 0 Å². The molecular formula is C24H27N3O4S. The summed E-state index contributed by atoms with van der Waals surface area (Å²) in [5, 5.41) is 0. The second-order valence-electron chi connectivity index (χ2n) is 8.19. The Labute approximate surface area is 189 Å². The molecule has 7 nitrogen and oxygen atoms in total. The van der Waals surface area contributed by atoms with Crippen LogP contribution in [0.25, 0.3) is 6.08 Å². The molecule has 1 saturated heterocycles. The van der Waals surface area contributed by atoms with E-state index in [2.05, 4.69) is 0 Å². The molecule has 2 aromatic rings. The SMILES string of the molecule is CC(=O)N1C=Cc2ccccc2C1CC(=O)N1CCN(S(=O)(=O)c2ccc(C)cc2)CC1. The van der Waals surface area contributed by atoms with Crippen molar-refractivity contribution < 1.29 is 18.0 Å². The fourth-order valence-corrected chi connectivity index (χ4v) is 5.67. The third-order valence-electron chi connectivity index (χ3n) is 6.09. The van der Waals surface area contributed by atoms with E-state index >= 15 is 0 Å². The van der Waals surface area contributed by atoms with Crippen LogP contribution in [0, 0.1) is 6.92 Å². The number of sulfonamides is 1. The normalized spacial score (nSPS) is 19.0. The molecule has 2 aromatic carbocycles. The van der Waals surface area contributed by atoms with Gasteiger partial charge in [0.1, 0.15) is 0 Å². The Balaban J connectivity index is 1.44. The number of carbonyl (C=O) groups excluding carboxylic acids is 2. The number of hydrogen-bond donors (Lipinski definition) is 0. The minimum atomic E-state index is -3.58. The highest BCUT2D eigenvalue weighted by Gasteiger charge is 2.33. The van der Waals surface area contributed by atoms with Crippen molar-refractivity contribution in [3.05, 3.63) is 71.4 Å². The Bertz CT molecular complexity index is 1150. The smallest absolute Gasteiger partial charge is 0.243 e. The fraction of sp³-hybridized carbons (Fsp3) is 0.333. The fourth-order valence-electron chi connectivity index (χ4n) is 4.24. The van der Waals surface area contributed by atoms with Gasteiger partial charge < -0.3 is 9.80 Å². The first-order valence-corrected chi connectivity index (χ1v) is 12.1. The number of fused-ring (bicyclic) bond motifs is 1. The van der Waals surface area contributed by atoms with E-state index in [1.54, 1.807) is 40.3 Å². The zero-order valence-electron chi connectivity index (χ0n) is 18.3. The number of benzene rings is 2. The summed E-state index contributed by atoms with van der Waals surface area (Å²) in [6.45, 7) is 4.56. The van der Waals surface area contributed by atoms with Gasteiger partial charge in [-0.1, -0.05) is 42.0 Å². The van der Waals surface area contributed by atoms with Crippen LogP contribution >= 0.6 is 0 Å². The molecule has 32 heavy (non-hydrogen) atoms. The summed E-state index contributed by atoms with van der Waals surface area (Å²) in [6.07, 6.45) is 3.77. The molecule has 2 aliphatic heterocycles. The van der Waals surface area contributed by atoms with Crippen LogP contribution < -0.4 is 0 Å². The Morgan fingerprint density at radius 3 is 2.28 bits per heavy atom. The minimum absolute atomic E-state index is 0.0845. The maximum atomic E-state index is 13.1. The van der Waals surface area contributed by atoms with E-state index in [0.717, 1.165) is 16.7 Å². The van der Waals surface area contributed by atoms with Crippen LogP contribution in [0.4, 0.5) is 0 Å². The highest BCUT2D eigenvalue weighted by Crippen LogP contribution is 2.33. The summed E-state index contributed by atoms with van der Waals surface area (Å²) < 4.78 is 27.3. The van der Waals surface area contributed by atoms with Crippen LogP contribution in [0.5, 0.6) is 0 Å². The number of nitrogens with zero attached hydrogens (tertiary/aromatic N) is 3. The molecule has 0 aromatic heterocycles. The predicted molar refractivity (Wildman–Crippen MR) is 122 cm³/mol. The van der Waals surface area contributed by atoms with Crippen LogP contribution in [-0.4, -0.2) is 60.5 Å². The number of carbonyl (C=O) groups is 2. The van der Waals surface area contributed by atoms with Gasteiger partial charge in [0.2, 0.25) is 21.8 Å². The predicted octanol–water partition coefficient (Wildman–Crippen LogP) is 2.79. The summed E-state index contributed by atoms with van der Waals surface area (Å²) in [6, 6.07) is 14.2. The lowest BCUT2D eigenvalue weighted by molar-refractivity contribution is -0.135. The second-order valence-corrected chi connectivity index (χ2v) is 10.1. The highest BCUT2D eigenvalue weighted by molar-refractivity contribution is 7.89. The van der Waals surface area contributed by atoms with E-state index in [9.17, 15) is 18.0 Å². The van der Waals surface area contributed by atoms with Crippen LogP contribution in [0.15, 0.2) is 59.6 Å². The van der Waals surface area contributed by atoms with Gasteiger partial charge in [-0.05, 0) is 36.3 Å². The van der Waals surface area contributed by atoms with E-state index in [1.807, 2.05) is 37.3 Å². The van der Waals surface area contributed by atoms with Crippen LogP contribution in [0.3, 0.4) is 0 Å². The number of aryl methyl sites for hydroxylation is 1. The van der Waals surface area contributed by atoms with Gasteiger partial charge in [0.25, 0.3) is 0 Å². The van der Waals surface area contributed by atoms with E-state index < -0.39 is 10.0 Å². The lowest BCUT2D eigenvalue weighted by atomic mass is 9.93. The molecule has 0 radical (unpaired) electrons. The van der Waals surface area contributed by atoms with Crippen molar-refractivity contribution in [3.63, 3.8) is 0 Å². The molecule has 1 atom stereocenters. The Kier molecular flexibility index (Phi) is 6.17. The largest absolute Gasteiger partial charge is 0.340 e. The Morgan fingerprint density at radius 2 is 1.62 bits per heavy atom. The van der Waals surface area contributed by atoms with Gasteiger partial charge in [-0.2, -0.15) is 4.31 Å². The van der Waals surface area contributed by atoms with Crippen molar-refractivity contribution in [2.45, 2.75) is 31.2 Å². The molecular weight excluding hydrogens is 426 g/mol. The molecule has 2 heterocycles. The molecule has 2 amide bonds. The molecule has 8 heteroatoms. The van der Waals surface area contributed by atoms with Crippen molar-refractivity contribution in [2.75, 3.05) is 26.2 Å². The zero-order chi connectivity index (χ0) is 22.9. The number of piperazine rings is 1. The van der Waals surface area contributed by atoms with E-state index in [4.69, 9.17) is 0 Å². The monoisotopic (exact) mass is 453 g/mol. The first-order chi connectivity index (χ1) is 15.3. The molecule has 0 aliphatic carbocycles. The van der Waals surface area contributed by atoms with Gasteiger partial charge >= 0.3 is 0 Å². The summed E-state index contributed by atoms with van der Waals surface area (Å²) in [5.41, 5.74) is 2.94. The van der Waals surface area contributed by atoms with Gasteiger partial charge in [-0.3, -0.25) is 9.59 Å². The van der Waals surface area contributed by atoms with Gasteiger partial charge in [0.15, 0.2) is 0 Å². The summed E-state index contributed by atoms with van der Waals surface area (Å²) in [5.74, 6) is -0.207. The van der Waals surface area contributed by atoms with E-state index in [1.165, 1.54) is 11.2 Å². The number of hydrogen-bond acceptors (Lipinski definition) is 4. The zero-order valence-corrected chi connectivity index (χ0v) is 19.1. The van der Waals surface area contributed by atoms with Crippen LogP contribution in [-0.2, 0) is 19.6 Å². The van der Waals surface area contributed by atoms with E-state index in [0.29, 0.717) is 13.1 Å². The molecule has 0 bridgehead atoms. The topological polar surface area (TPSA) is 78.0 Å². The molecule has 0 N–H and O–H groups in total. The van der Waals surface area contributed by atoms with Crippen molar-refractivity contribution in [1.29, 1.82) is 0 Å². The summed E-state index contributed by atoms with van der Waals surface area (Å²) in [7, 11) is -3.58. The van der Waals surface area contributed by atoms with Gasteiger partial charge in [0, 0.05) is 39.3 Å². The average molecular weight is 454 g/mol. The molecule has 1 fully saturated rings. The molecule has 168 valence electrons. The summed E-state index contributed by atoms with van der Waals surface area (Å²) >= 11 is 0. The molecule has 2 aliphatic rings. The molecule has 0 saturated carbocycles. The molecule has 4 rings (SSSR count). The second kappa shape index (κ2) is 8.88. The standard InChI is InChI=1S/C24H27N3O4S/c1-18-7-9-21(10-8-18)32(30,31)26-15-13-25(14-16-26)24(29)17-23-22-6-4-3-5-20(22)11-12-27(23)19(2)28/h3-12,23H,13-17H2,1-2H3. The lowest BCUT2D eigenvalue weighted by Crippen LogP contribution is -2.51. The maximum absolute atomic E-state index is 13.1. The van der Waals surface area contributed by atoms with Gasteiger partial charge in [0.05, 0.1) is 17.4 Å². The van der Waals surface area contributed by atoms with Crippen LogP contribution in [0.1, 0.15) is 36.1 Å². The van der Waals surface area contributed by atoms with E-state index in [-0.39, 0.29) is 42.3 Å². The van der Waals surface area contributed by atoms with Crippen molar-refractivity contribution in [1.82, 2.24) is 14.1 Å². The number of rotatable bonds is 4.